The van der Waals surface area contributed by atoms with E-state index in [4.69, 9.17) is 23.2 Å². The topological polar surface area (TPSA) is 29.1 Å². The van der Waals surface area contributed by atoms with Crippen LogP contribution in [0.2, 0.25) is 8.67 Å². The highest BCUT2D eigenvalue weighted by atomic mass is 79.9. The van der Waals surface area contributed by atoms with Gasteiger partial charge in [0, 0.05) is 10.9 Å². The zero-order chi connectivity index (χ0) is 12.3. The summed E-state index contributed by atoms with van der Waals surface area (Å²) in [5.74, 6) is -0.181. The summed E-state index contributed by atoms with van der Waals surface area (Å²) in [6, 6.07) is 1.59. The largest absolute Gasteiger partial charge is 0.347 e. The van der Waals surface area contributed by atoms with E-state index < -0.39 is 0 Å². The molecule has 16 heavy (non-hydrogen) atoms. The van der Waals surface area contributed by atoms with Gasteiger partial charge in [0.15, 0.2) is 0 Å². The number of thiophene rings is 1. The third kappa shape index (κ3) is 3.91. The van der Waals surface area contributed by atoms with Gasteiger partial charge >= 0.3 is 0 Å². The van der Waals surface area contributed by atoms with Crippen LogP contribution in [0, 0.1) is 0 Å². The lowest BCUT2D eigenvalue weighted by molar-refractivity contribution is 0.0912. The lowest BCUT2D eigenvalue weighted by Crippen LogP contribution is -2.43. The first-order valence-corrected chi connectivity index (χ1v) is 7.38. The average Bonchev–Trinajstić information content (AvgIpc) is 2.44. The van der Waals surface area contributed by atoms with Gasteiger partial charge in [-0.25, -0.2) is 0 Å². The first-order chi connectivity index (χ1) is 7.35. The number of hydrogen-bond acceptors (Lipinski definition) is 2. The number of hydrogen-bond donors (Lipinski definition) is 1. The third-order valence-electron chi connectivity index (χ3n) is 2.07. The van der Waals surface area contributed by atoms with E-state index in [0.717, 1.165) is 11.8 Å². The zero-order valence-electron chi connectivity index (χ0n) is 8.94. The number of halogens is 3. The fourth-order valence-electron chi connectivity index (χ4n) is 1.17. The third-order valence-corrected chi connectivity index (χ3v) is 3.96. The Kier molecular flexibility index (Phi) is 5.10. The van der Waals surface area contributed by atoms with Crippen molar-refractivity contribution in [2.75, 3.05) is 5.33 Å². The average molecular weight is 345 g/mol. The molecule has 0 aliphatic carbocycles. The van der Waals surface area contributed by atoms with Crippen LogP contribution in [0.15, 0.2) is 6.07 Å². The number of rotatable bonds is 4. The van der Waals surface area contributed by atoms with E-state index in [1.807, 2.05) is 13.8 Å². The van der Waals surface area contributed by atoms with Crippen molar-refractivity contribution in [1.82, 2.24) is 5.32 Å². The van der Waals surface area contributed by atoms with E-state index in [0.29, 0.717) is 14.2 Å². The van der Waals surface area contributed by atoms with Crippen LogP contribution in [0.1, 0.15) is 30.6 Å². The summed E-state index contributed by atoms with van der Waals surface area (Å²) >= 11 is 16.2. The molecule has 0 aliphatic rings. The normalized spacial score (nSPS) is 11.6. The molecule has 0 saturated heterocycles. The van der Waals surface area contributed by atoms with Crippen LogP contribution in [-0.4, -0.2) is 16.8 Å². The zero-order valence-corrected chi connectivity index (χ0v) is 12.9. The lowest BCUT2D eigenvalue weighted by atomic mass is 10.0. The van der Waals surface area contributed by atoms with E-state index >= 15 is 0 Å². The van der Waals surface area contributed by atoms with Crippen LogP contribution in [0.25, 0.3) is 0 Å². The van der Waals surface area contributed by atoms with Crippen molar-refractivity contribution in [3.63, 3.8) is 0 Å². The Morgan fingerprint density at radius 3 is 2.62 bits per heavy atom. The summed E-state index contributed by atoms with van der Waals surface area (Å²) in [7, 11) is 0. The fraction of sp³-hybridized carbons (Fsp3) is 0.500. The van der Waals surface area contributed by atoms with Gasteiger partial charge < -0.3 is 5.32 Å². The summed E-state index contributed by atoms with van der Waals surface area (Å²) in [4.78, 5) is 11.9. The molecular formula is C10H12BrCl2NOS. The van der Waals surface area contributed by atoms with Gasteiger partial charge in [0.25, 0.3) is 5.91 Å². The minimum Gasteiger partial charge on any atom is -0.347 e. The summed E-state index contributed by atoms with van der Waals surface area (Å²) in [6.45, 7) is 3.93. The van der Waals surface area contributed by atoms with Gasteiger partial charge in [0.05, 0.1) is 9.90 Å². The van der Waals surface area contributed by atoms with Crippen molar-refractivity contribution in [3.05, 3.63) is 20.3 Å². The molecule has 90 valence electrons. The van der Waals surface area contributed by atoms with Crippen LogP contribution in [0.3, 0.4) is 0 Å². The molecule has 0 unspecified atom stereocenters. The van der Waals surface area contributed by atoms with Crippen LogP contribution in [-0.2, 0) is 0 Å². The summed E-state index contributed by atoms with van der Waals surface area (Å²) in [5.41, 5.74) is 0.178. The molecule has 0 fully saturated rings. The molecule has 1 amide bonds. The second-order valence-corrected chi connectivity index (χ2v) is 7.09. The van der Waals surface area contributed by atoms with Gasteiger partial charge in [-0.2, -0.15) is 0 Å². The summed E-state index contributed by atoms with van der Waals surface area (Å²) in [6.07, 6.45) is 0.841. The number of nitrogens with one attached hydrogen (secondary N) is 1. The smallest absolute Gasteiger partial charge is 0.254 e. The molecule has 1 heterocycles. The predicted octanol–water partition coefficient (Wildman–Crippen LogP) is 4.35. The highest BCUT2D eigenvalue weighted by molar-refractivity contribution is 9.09. The van der Waals surface area contributed by atoms with Crippen molar-refractivity contribution < 1.29 is 4.79 Å². The van der Waals surface area contributed by atoms with Crippen molar-refractivity contribution >= 4 is 56.4 Å². The first-order valence-electron chi connectivity index (χ1n) is 4.69. The molecular weight excluding hydrogens is 333 g/mol. The monoisotopic (exact) mass is 343 g/mol. The van der Waals surface area contributed by atoms with E-state index in [1.54, 1.807) is 6.07 Å². The molecule has 0 aliphatic heterocycles. The van der Waals surface area contributed by atoms with Crippen LogP contribution in [0.4, 0.5) is 0 Å². The molecule has 0 aromatic carbocycles. The first kappa shape index (κ1) is 14.3. The van der Waals surface area contributed by atoms with Crippen molar-refractivity contribution in [2.24, 2.45) is 0 Å². The van der Waals surface area contributed by atoms with Gasteiger partial charge in [-0.1, -0.05) is 39.1 Å². The van der Waals surface area contributed by atoms with E-state index in [1.165, 1.54) is 11.3 Å². The fourth-order valence-corrected chi connectivity index (χ4v) is 3.62. The van der Waals surface area contributed by atoms with Crippen molar-refractivity contribution in [1.29, 1.82) is 0 Å². The molecule has 0 bridgehead atoms. The molecule has 2 nitrogen and oxygen atoms in total. The molecule has 0 saturated carbocycles. The van der Waals surface area contributed by atoms with Gasteiger partial charge in [-0.3, -0.25) is 4.79 Å². The summed E-state index contributed by atoms with van der Waals surface area (Å²) in [5, 5.41) is 3.75. The molecule has 1 aromatic rings. The Hall–Kier alpha value is 0.230. The lowest BCUT2D eigenvalue weighted by Gasteiger charge is -2.25. The second kappa shape index (κ2) is 5.71. The van der Waals surface area contributed by atoms with E-state index in [-0.39, 0.29) is 11.4 Å². The quantitative estimate of drug-likeness (QED) is 0.808. The number of amides is 1. The maximum Gasteiger partial charge on any atom is 0.254 e. The van der Waals surface area contributed by atoms with Crippen LogP contribution in [0.5, 0.6) is 0 Å². The number of carbonyl (C=O) groups excluding carboxylic acids is 1. The summed E-state index contributed by atoms with van der Waals surface area (Å²) < 4.78 is 0.950. The van der Waals surface area contributed by atoms with Crippen molar-refractivity contribution in [2.45, 2.75) is 25.8 Å². The molecule has 0 radical (unpaired) electrons. The highest BCUT2D eigenvalue weighted by Crippen LogP contribution is 2.31. The van der Waals surface area contributed by atoms with Gasteiger partial charge in [-0.05, 0) is 26.3 Å². The highest BCUT2D eigenvalue weighted by Gasteiger charge is 2.22. The number of alkyl halides is 1. The Bertz CT molecular complexity index is 392. The van der Waals surface area contributed by atoms with Gasteiger partial charge in [0.1, 0.15) is 4.34 Å². The van der Waals surface area contributed by atoms with E-state index in [2.05, 4.69) is 21.2 Å². The Labute approximate surface area is 117 Å². The van der Waals surface area contributed by atoms with Crippen LogP contribution < -0.4 is 5.32 Å². The SMILES string of the molecule is CC(C)(CCBr)NC(=O)c1cc(Cl)sc1Cl. The molecule has 1 aromatic heterocycles. The minimum absolute atomic E-state index is 0.181. The molecule has 1 rings (SSSR count). The van der Waals surface area contributed by atoms with Crippen LogP contribution >= 0.6 is 50.5 Å². The second-order valence-electron chi connectivity index (χ2n) is 4.01. The minimum atomic E-state index is -0.266. The van der Waals surface area contributed by atoms with E-state index in [9.17, 15) is 4.79 Å². The van der Waals surface area contributed by atoms with Crippen molar-refractivity contribution in [3.8, 4) is 0 Å². The Morgan fingerprint density at radius 2 is 2.19 bits per heavy atom. The molecule has 0 spiro atoms. The van der Waals surface area contributed by atoms with Gasteiger partial charge in [-0.15, -0.1) is 11.3 Å². The predicted molar refractivity (Wildman–Crippen MR) is 74.3 cm³/mol. The molecule has 0 atom stereocenters. The van der Waals surface area contributed by atoms with Gasteiger partial charge in [0.2, 0.25) is 0 Å². The molecule has 6 heteroatoms. The number of carbonyl (C=O) groups is 1. The Morgan fingerprint density at radius 1 is 1.56 bits per heavy atom. The molecule has 1 N–H and O–H groups in total. The standard InChI is InChI=1S/C10H12BrCl2NOS/c1-10(2,3-4-11)14-9(15)6-5-7(12)16-8(6)13/h5H,3-4H2,1-2H3,(H,14,15). The maximum atomic E-state index is 11.9. The Balaban J connectivity index is 2.76. The maximum absolute atomic E-state index is 11.9.